The third-order valence-electron chi connectivity index (χ3n) is 7.33. The first-order chi connectivity index (χ1) is 17.9. The number of hydrogen-bond donors (Lipinski definition) is 1. The van der Waals surface area contributed by atoms with E-state index < -0.39 is 0 Å². The number of aromatic nitrogens is 2. The summed E-state index contributed by atoms with van der Waals surface area (Å²) in [6.07, 6.45) is 6.42. The number of amides is 1. The molecule has 0 aliphatic carbocycles. The normalized spacial score (nSPS) is 18.1. The van der Waals surface area contributed by atoms with E-state index in [0.29, 0.717) is 5.95 Å². The molecule has 0 saturated carbocycles. The zero-order valence-corrected chi connectivity index (χ0v) is 22.1. The molecule has 0 spiro atoms. The first-order valence-corrected chi connectivity index (χ1v) is 13.2. The molecule has 1 fully saturated rings. The summed E-state index contributed by atoms with van der Waals surface area (Å²) in [5, 5.41) is 3.30. The highest BCUT2D eigenvalue weighted by Gasteiger charge is 2.38. The van der Waals surface area contributed by atoms with Gasteiger partial charge in [0.2, 0.25) is 11.9 Å². The van der Waals surface area contributed by atoms with Gasteiger partial charge in [-0.25, -0.2) is 9.97 Å². The van der Waals surface area contributed by atoms with E-state index in [1.807, 2.05) is 24.1 Å². The van der Waals surface area contributed by atoms with Crippen molar-refractivity contribution in [1.82, 2.24) is 14.9 Å². The van der Waals surface area contributed by atoms with Crippen LogP contribution >= 0.6 is 0 Å². The molecule has 1 saturated heterocycles. The van der Waals surface area contributed by atoms with Crippen molar-refractivity contribution in [2.75, 3.05) is 11.9 Å². The highest BCUT2D eigenvalue weighted by molar-refractivity contribution is 6.03. The summed E-state index contributed by atoms with van der Waals surface area (Å²) < 4.78 is 0. The van der Waals surface area contributed by atoms with Gasteiger partial charge < -0.3 is 10.2 Å². The van der Waals surface area contributed by atoms with Gasteiger partial charge in [0.15, 0.2) is 0 Å². The number of carbonyl (C=O) groups is 1. The SMILES string of the molecule is Cc1ccc(-c2ccc(C3=CN=C([C@@H]4CCCN4C(=O)[C@@H](Nc4nccc(C)n4)C(C)C)C3)cc2)cc1. The summed E-state index contributed by atoms with van der Waals surface area (Å²) >= 11 is 0. The van der Waals surface area contributed by atoms with E-state index in [1.165, 1.54) is 27.8 Å². The first kappa shape index (κ1) is 24.9. The summed E-state index contributed by atoms with van der Waals surface area (Å²) in [6, 6.07) is 18.8. The molecule has 0 unspecified atom stereocenters. The molecular weight excluding hydrogens is 458 g/mol. The monoisotopic (exact) mass is 493 g/mol. The fourth-order valence-electron chi connectivity index (χ4n) is 5.18. The molecule has 5 rings (SSSR count). The lowest BCUT2D eigenvalue weighted by molar-refractivity contribution is -0.132. The van der Waals surface area contributed by atoms with Crippen molar-refractivity contribution in [3.05, 3.63) is 83.8 Å². The third kappa shape index (κ3) is 5.48. The van der Waals surface area contributed by atoms with Crippen LogP contribution in [0.15, 0.2) is 72.0 Å². The molecule has 6 nitrogen and oxygen atoms in total. The van der Waals surface area contributed by atoms with Gasteiger partial charge in [-0.05, 0) is 60.9 Å². The lowest BCUT2D eigenvalue weighted by Gasteiger charge is -2.31. The second-order valence-corrected chi connectivity index (χ2v) is 10.5. The van der Waals surface area contributed by atoms with Gasteiger partial charge in [0.25, 0.3) is 0 Å². The largest absolute Gasteiger partial charge is 0.342 e. The van der Waals surface area contributed by atoms with E-state index >= 15 is 0 Å². The molecule has 2 aromatic carbocycles. The lowest BCUT2D eigenvalue weighted by atomic mass is 9.96. The molecule has 0 bridgehead atoms. The number of carbonyl (C=O) groups excluding carboxylic acids is 1. The second-order valence-electron chi connectivity index (χ2n) is 10.5. The number of hydrogen-bond acceptors (Lipinski definition) is 5. The maximum Gasteiger partial charge on any atom is 0.245 e. The molecule has 3 heterocycles. The molecule has 2 atom stereocenters. The minimum atomic E-state index is -0.383. The number of nitrogens with one attached hydrogen (secondary N) is 1. The minimum Gasteiger partial charge on any atom is -0.342 e. The quantitative estimate of drug-likeness (QED) is 0.433. The van der Waals surface area contributed by atoms with Crippen LogP contribution in [0.4, 0.5) is 5.95 Å². The van der Waals surface area contributed by atoms with Crippen LogP contribution in [0.25, 0.3) is 16.7 Å². The van der Waals surface area contributed by atoms with Crippen molar-refractivity contribution in [1.29, 1.82) is 0 Å². The van der Waals surface area contributed by atoms with E-state index in [1.54, 1.807) is 6.20 Å². The first-order valence-electron chi connectivity index (χ1n) is 13.2. The van der Waals surface area contributed by atoms with Gasteiger partial charge in [0.05, 0.1) is 6.04 Å². The van der Waals surface area contributed by atoms with Crippen LogP contribution in [0.2, 0.25) is 0 Å². The second kappa shape index (κ2) is 10.7. The summed E-state index contributed by atoms with van der Waals surface area (Å²) in [7, 11) is 0. The molecule has 0 radical (unpaired) electrons. The van der Waals surface area contributed by atoms with E-state index in [0.717, 1.165) is 37.2 Å². The van der Waals surface area contributed by atoms with Crippen LogP contribution in [-0.2, 0) is 4.79 Å². The zero-order chi connectivity index (χ0) is 25.9. The number of aliphatic imine (C=N–C) groups is 1. The van der Waals surface area contributed by atoms with E-state index in [4.69, 9.17) is 4.99 Å². The van der Waals surface area contributed by atoms with Crippen LogP contribution in [0.5, 0.6) is 0 Å². The smallest absolute Gasteiger partial charge is 0.245 e. The Morgan fingerprint density at radius 3 is 2.32 bits per heavy atom. The van der Waals surface area contributed by atoms with Crippen molar-refractivity contribution >= 4 is 23.1 Å². The average molecular weight is 494 g/mol. The summed E-state index contributed by atoms with van der Waals surface area (Å²) in [5.41, 5.74) is 8.04. The van der Waals surface area contributed by atoms with Crippen LogP contribution in [0.1, 0.15) is 49.9 Å². The lowest BCUT2D eigenvalue weighted by Crippen LogP contribution is -2.49. The minimum absolute atomic E-state index is 0.0366. The number of anilines is 1. The Hall–Kier alpha value is -3.80. The summed E-state index contributed by atoms with van der Waals surface area (Å²) in [5.74, 6) is 0.698. The standard InChI is InChI=1S/C31H35N5O/c1-20(2)29(35-31-32-16-15-22(4)34-31)30(37)36-17-5-6-28(36)27-18-26(19-33-27)25-13-11-24(12-14-25)23-9-7-21(3)8-10-23/h7-16,19-20,28-29H,5-6,17-18H2,1-4H3,(H,32,34,35)/t28-,29-/m0/s1. The molecule has 6 heteroatoms. The molecule has 1 N–H and O–H groups in total. The molecule has 2 aliphatic heterocycles. The molecule has 3 aromatic rings. The highest BCUT2D eigenvalue weighted by Crippen LogP contribution is 2.32. The summed E-state index contributed by atoms with van der Waals surface area (Å²) in [4.78, 5) is 29.3. The van der Waals surface area contributed by atoms with Crippen molar-refractivity contribution in [2.45, 2.75) is 59.0 Å². The van der Waals surface area contributed by atoms with Gasteiger partial charge in [-0.3, -0.25) is 9.79 Å². The third-order valence-corrected chi connectivity index (χ3v) is 7.33. The van der Waals surface area contributed by atoms with E-state index in [2.05, 4.69) is 84.6 Å². The Morgan fingerprint density at radius 2 is 1.65 bits per heavy atom. The zero-order valence-electron chi connectivity index (χ0n) is 22.1. The van der Waals surface area contributed by atoms with Gasteiger partial charge >= 0.3 is 0 Å². The molecule has 1 amide bonds. The predicted molar refractivity (Wildman–Crippen MR) is 150 cm³/mol. The molecule has 37 heavy (non-hydrogen) atoms. The topological polar surface area (TPSA) is 70.5 Å². The van der Waals surface area contributed by atoms with Crippen molar-refractivity contribution in [3.8, 4) is 11.1 Å². The van der Waals surface area contributed by atoms with Crippen LogP contribution in [0, 0.1) is 19.8 Å². The number of nitrogens with zero attached hydrogens (tertiary/aromatic N) is 4. The number of rotatable bonds is 7. The fourth-order valence-corrected chi connectivity index (χ4v) is 5.18. The van der Waals surface area contributed by atoms with Gasteiger partial charge in [-0.1, -0.05) is 67.9 Å². The highest BCUT2D eigenvalue weighted by atomic mass is 16.2. The Balaban J connectivity index is 1.26. The van der Waals surface area contributed by atoms with Crippen molar-refractivity contribution in [2.24, 2.45) is 10.9 Å². The van der Waals surface area contributed by atoms with Crippen molar-refractivity contribution < 1.29 is 4.79 Å². The van der Waals surface area contributed by atoms with Gasteiger partial charge in [-0.2, -0.15) is 0 Å². The Morgan fingerprint density at radius 1 is 0.973 bits per heavy atom. The fraction of sp³-hybridized carbons (Fsp3) is 0.355. The number of allylic oxidation sites excluding steroid dienone is 1. The molecule has 1 aromatic heterocycles. The molecular formula is C31H35N5O. The van der Waals surface area contributed by atoms with Crippen molar-refractivity contribution in [3.63, 3.8) is 0 Å². The Labute approximate surface area is 219 Å². The van der Waals surface area contributed by atoms with E-state index in [-0.39, 0.29) is 23.9 Å². The molecule has 2 aliphatic rings. The maximum absolute atomic E-state index is 13.7. The predicted octanol–water partition coefficient (Wildman–Crippen LogP) is 6.07. The summed E-state index contributed by atoms with van der Waals surface area (Å²) in [6.45, 7) is 8.90. The number of aryl methyl sites for hydroxylation is 2. The van der Waals surface area contributed by atoms with Crippen LogP contribution < -0.4 is 5.32 Å². The van der Waals surface area contributed by atoms with E-state index in [9.17, 15) is 4.79 Å². The Kier molecular flexibility index (Phi) is 7.17. The Bertz CT molecular complexity index is 1320. The van der Waals surface area contributed by atoms with Gasteiger partial charge in [0, 0.05) is 36.8 Å². The molecule has 190 valence electrons. The number of benzene rings is 2. The van der Waals surface area contributed by atoms with Crippen LogP contribution in [-0.4, -0.2) is 45.1 Å². The van der Waals surface area contributed by atoms with Crippen LogP contribution in [0.3, 0.4) is 0 Å². The maximum atomic E-state index is 13.7. The number of likely N-dealkylation sites (tertiary alicyclic amines) is 1. The average Bonchev–Trinajstić information content (AvgIpc) is 3.57. The van der Waals surface area contributed by atoms with Gasteiger partial charge in [-0.15, -0.1) is 0 Å². The van der Waals surface area contributed by atoms with Gasteiger partial charge in [0.1, 0.15) is 6.04 Å².